The second-order valence-corrected chi connectivity index (χ2v) is 6.10. The molecule has 0 saturated heterocycles. The van der Waals surface area contributed by atoms with E-state index in [0.717, 1.165) is 0 Å². The van der Waals surface area contributed by atoms with Crippen molar-refractivity contribution in [1.29, 1.82) is 0 Å². The Morgan fingerprint density at radius 1 is 1.48 bits per heavy atom. The van der Waals surface area contributed by atoms with Crippen molar-refractivity contribution in [3.63, 3.8) is 0 Å². The number of nitrogens with zero attached hydrogens (tertiary/aromatic N) is 4. The number of alkyl halides is 4. The van der Waals surface area contributed by atoms with Crippen molar-refractivity contribution >= 4 is 27.5 Å². The smallest absolute Gasteiger partial charge is 0.287 e. The van der Waals surface area contributed by atoms with Gasteiger partial charge in [-0.1, -0.05) is 6.92 Å². The first kappa shape index (κ1) is 17.9. The fourth-order valence-electron chi connectivity index (χ4n) is 2.13. The molecule has 128 valence electrons. The number of aromatic nitrogens is 2. The molecule has 0 bridgehead atoms. The maximum atomic E-state index is 13.1. The molecule has 1 N–H and O–H groups in total. The highest BCUT2D eigenvalue weighted by atomic mass is 79.9. The predicted octanol–water partition coefficient (Wildman–Crippen LogP) is 2.09. The van der Waals surface area contributed by atoms with E-state index in [1.54, 1.807) is 6.20 Å². The number of aliphatic hydroxyl groups is 1. The Morgan fingerprint density at radius 2 is 2.13 bits per heavy atom. The van der Waals surface area contributed by atoms with Crippen molar-refractivity contribution in [1.82, 2.24) is 14.8 Å². The molecule has 0 spiro atoms. The second-order valence-electron chi connectivity index (χ2n) is 5.18. The molecule has 0 aliphatic carbocycles. The molecule has 1 aliphatic heterocycles. The summed E-state index contributed by atoms with van der Waals surface area (Å²) in [5.41, 5.74) is -4.00. The predicted molar refractivity (Wildman–Crippen MR) is 74.9 cm³/mol. The van der Waals surface area contributed by atoms with E-state index in [1.165, 1.54) is 17.8 Å². The summed E-state index contributed by atoms with van der Waals surface area (Å²) in [7, 11) is 0. The molecule has 6 nitrogen and oxygen atoms in total. The molecule has 2 atom stereocenters. The van der Waals surface area contributed by atoms with E-state index < -0.39 is 42.5 Å². The Bertz CT molecular complexity index is 624. The van der Waals surface area contributed by atoms with Gasteiger partial charge >= 0.3 is 0 Å². The summed E-state index contributed by atoms with van der Waals surface area (Å²) in [6.07, 6.45) is -4.63. The number of hydrazone groups is 1. The molecule has 0 unspecified atom stereocenters. The van der Waals surface area contributed by atoms with Gasteiger partial charge in [-0.15, -0.1) is 0 Å². The minimum Gasteiger partial charge on any atom is -0.364 e. The first-order chi connectivity index (χ1) is 10.6. The van der Waals surface area contributed by atoms with Gasteiger partial charge in [0.1, 0.15) is 5.71 Å². The fraction of sp³-hybridized carbons (Fsp3) is 0.583. The van der Waals surface area contributed by atoms with E-state index in [4.69, 9.17) is 0 Å². The molecule has 1 amide bonds. The van der Waals surface area contributed by atoms with Crippen molar-refractivity contribution in [2.75, 3.05) is 0 Å². The summed E-state index contributed by atoms with van der Waals surface area (Å²) in [6, 6.07) is 0. The minimum absolute atomic E-state index is 0.0137. The lowest BCUT2D eigenvalue weighted by Gasteiger charge is -2.31. The number of hydrogen-bond acceptors (Lipinski definition) is 4. The highest BCUT2D eigenvalue weighted by molar-refractivity contribution is 9.10. The third-order valence-corrected chi connectivity index (χ3v) is 3.74. The third-order valence-electron chi connectivity index (χ3n) is 3.33. The van der Waals surface area contributed by atoms with E-state index in [-0.39, 0.29) is 11.6 Å². The molecule has 1 aromatic heterocycles. The zero-order valence-electron chi connectivity index (χ0n) is 11.8. The van der Waals surface area contributed by atoms with E-state index in [0.29, 0.717) is 4.47 Å². The molecule has 23 heavy (non-hydrogen) atoms. The van der Waals surface area contributed by atoms with Gasteiger partial charge in [0.25, 0.3) is 12.9 Å². The van der Waals surface area contributed by atoms with Crippen LogP contribution in [-0.4, -0.2) is 50.1 Å². The topological polar surface area (TPSA) is 70.7 Å². The average Bonchev–Trinajstić information content (AvgIpc) is 3.02. The molecule has 1 aromatic rings. The number of rotatable bonds is 5. The first-order valence-corrected chi connectivity index (χ1v) is 7.32. The number of carbonyl (C=O) groups excluding carboxylic acids is 1. The molecule has 2 heterocycles. The van der Waals surface area contributed by atoms with Crippen molar-refractivity contribution in [3.8, 4) is 0 Å². The summed E-state index contributed by atoms with van der Waals surface area (Å²) in [4.78, 5) is 12.3. The van der Waals surface area contributed by atoms with Gasteiger partial charge < -0.3 is 5.11 Å². The highest BCUT2D eigenvalue weighted by Crippen LogP contribution is 2.34. The van der Waals surface area contributed by atoms with Gasteiger partial charge in [-0.05, 0) is 15.9 Å². The van der Waals surface area contributed by atoms with Crippen LogP contribution in [0.4, 0.5) is 17.6 Å². The second kappa shape index (κ2) is 6.56. The molecule has 2 rings (SSSR count). The molecular formula is C12H13BrF4N4O2. The Hall–Kier alpha value is -1.49. The van der Waals surface area contributed by atoms with Crippen LogP contribution in [-0.2, 0) is 11.3 Å². The summed E-state index contributed by atoms with van der Waals surface area (Å²) < 4.78 is 53.6. The van der Waals surface area contributed by atoms with Crippen molar-refractivity contribution in [2.45, 2.75) is 38.5 Å². The summed E-state index contributed by atoms with van der Waals surface area (Å²) >= 11 is 3.16. The van der Waals surface area contributed by atoms with Gasteiger partial charge in [0.15, 0.2) is 0 Å². The normalized spacial score (nSPS) is 22.8. The molecule has 0 fully saturated rings. The third kappa shape index (κ3) is 3.55. The molecule has 11 heteroatoms. The molecule has 0 saturated carbocycles. The van der Waals surface area contributed by atoms with Crippen molar-refractivity contribution < 1.29 is 27.5 Å². The number of amides is 1. The summed E-state index contributed by atoms with van der Waals surface area (Å²) in [6.45, 7) is 1.42. The van der Waals surface area contributed by atoms with Gasteiger partial charge in [-0.3, -0.25) is 9.48 Å². The lowest BCUT2D eigenvalue weighted by molar-refractivity contribution is -0.195. The maximum absolute atomic E-state index is 13.1. The zero-order valence-corrected chi connectivity index (χ0v) is 13.4. The van der Waals surface area contributed by atoms with Crippen LogP contribution in [0, 0.1) is 5.92 Å². The largest absolute Gasteiger partial charge is 0.364 e. The highest BCUT2D eigenvalue weighted by Gasteiger charge is 2.53. The molecular weight excluding hydrogens is 388 g/mol. The van der Waals surface area contributed by atoms with Crippen LogP contribution in [0.5, 0.6) is 0 Å². The Balaban J connectivity index is 2.20. The van der Waals surface area contributed by atoms with Crippen LogP contribution in [0.25, 0.3) is 0 Å². The van der Waals surface area contributed by atoms with E-state index in [2.05, 4.69) is 26.1 Å². The SMILES string of the molecule is C[C@H](Cn1cc(Br)cn1)C(=O)N1N=C(C(F)F)C[C@]1(O)C(F)F. The van der Waals surface area contributed by atoms with Crippen LogP contribution in [0.15, 0.2) is 22.0 Å². The first-order valence-electron chi connectivity index (χ1n) is 6.53. The fourth-order valence-corrected chi connectivity index (χ4v) is 2.46. The Morgan fingerprint density at radius 3 is 2.61 bits per heavy atom. The van der Waals surface area contributed by atoms with Crippen molar-refractivity contribution in [3.05, 3.63) is 16.9 Å². The van der Waals surface area contributed by atoms with Gasteiger partial charge in [0.2, 0.25) is 11.6 Å². The standard InChI is InChI=1S/C12H13BrF4N4O2/c1-6(4-20-5-7(13)3-18-20)10(22)21-12(23,11(16)17)2-8(19-21)9(14)15/h3,5-6,9,11,23H,2,4H2,1H3/t6-,12+/m1/s1. The Kier molecular flexibility index (Phi) is 5.09. The van der Waals surface area contributed by atoms with Gasteiger partial charge in [-0.25, -0.2) is 17.6 Å². The molecule has 0 radical (unpaired) electrons. The molecule has 1 aliphatic rings. The Labute approximate surface area is 136 Å². The van der Waals surface area contributed by atoms with E-state index in [9.17, 15) is 27.5 Å². The van der Waals surface area contributed by atoms with Gasteiger partial charge in [0, 0.05) is 12.6 Å². The van der Waals surface area contributed by atoms with Crippen molar-refractivity contribution in [2.24, 2.45) is 11.0 Å². The van der Waals surface area contributed by atoms with Crippen LogP contribution < -0.4 is 0 Å². The van der Waals surface area contributed by atoms with Gasteiger partial charge in [-0.2, -0.15) is 15.2 Å². The monoisotopic (exact) mass is 400 g/mol. The van der Waals surface area contributed by atoms with Crippen LogP contribution in [0.1, 0.15) is 13.3 Å². The van der Waals surface area contributed by atoms with Crippen LogP contribution >= 0.6 is 15.9 Å². The summed E-state index contributed by atoms with van der Waals surface area (Å²) in [5.74, 6) is -1.90. The minimum atomic E-state index is -3.43. The quantitative estimate of drug-likeness (QED) is 0.769. The summed E-state index contributed by atoms with van der Waals surface area (Å²) in [5, 5.41) is 17.1. The maximum Gasteiger partial charge on any atom is 0.287 e. The molecule has 0 aromatic carbocycles. The van der Waals surface area contributed by atoms with E-state index in [1.807, 2.05) is 0 Å². The number of hydrogen-bond donors (Lipinski definition) is 1. The van der Waals surface area contributed by atoms with Gasteiger partial charge in [0.05, 0.1) is 23.1 Å². The van der Waals surface area contributed by atoms with Crippen LogP contribution in [0.3, 0.4) is 0 Å². The lowest BCUT2D eigenvalue weighted by atomic mass is 10.1. The number of halogens is 5. The zero-order chi connectivity index (χ0) is 17.4. The van der Waals surface area contributed by atoms with Crippen LogP contribution in [0.2, 0.25) is 0 Å². The number of carbonyl (C=O) groups is 1. The average molecular weight is 401 g/mol. The van der Waals surface area contributed by atoms with E-state index >= 15 is 0 Å². The lowest BCUT2D eigenvalue weighted by Crippen LogP contribution is -2.53.